The summed E-state index contributed by atoms with van der Waals surface area (Å²) in [5, 5.41) is 0. The Labute approximate surface area is 268 Å². The lowest BCUT2D eigenvalue weighted by Gasteiger charge is -2.26. The molecule has 240 valence electrons. The fraction of sp³-hybridized carbons (Fsp3) is 0.368. The number of benzene rings is 3. The number of carbonyl (C=O) groups excluding carboxylic acids is 2. The molecule has 45 heavy (non-hydrogen) atoms. The number of nitrogens with zero attached hydrogens (tertiary/aromatic N) is 1. The molecule has 7 heteroatoms. The molecule has 0 saturated heterocycles. The molecule has 0 aliphatic heterocycles. The fourth-order valence-electron chi connectivity index (χ4n) is 4.53. The molecule has 7 nitrogen and oxygen atoms in total. The van der Waals surface area contributed by atoms with Gasteiger partial charge >= 0.3 is 11.9 Å². The summed E-state index contributed by atoms with van der Waals surface area (Å²) in [6.45, 7) is 17.1. The molecule has 0 amide bonds. The van der Waals surface area contributed by atoms with E-state index in [4.69, 9.17) is 18.9 Å². The first-order chi connectivity index (χ1) is 21.7. The molecule has 0 radical (unpaired) electrons. The molecule has 0 saturated carbocycles. The van der Waals surface area contributed by atoms with Crippen LogP contribution in [0, 0.1) is 13.8 Å². The highest BCUT2D eigenvalue weighted by Crippen LogP contribution is 2.35. The van der Waals surface area contributed by atoms with Crippen LogP contribution in [0.15, 0.2) is 91.0 Å². The molecule has 0 atom stereocenters. The van der Waals surface area contributed by atoms with Gasteiger partial charge in [-0.05, 0) is 112 Å². The van der Waals surface area contributed by atoms with Crippen LogP contribution in [0.3, 0.4) is 0 Å². The third kappa shape index (κ3) is 12.0. The average Bonchev–Trinajstić information content (AvgIpc) is 3.03. The van der Waals surface area contributed by atoms with Crippen molar-refractivity contribution < 1.29 is 28.5 Å². The Morgan fingerprint density at radius 3 is 1.40 bits per heavy atom. The highest BCUT2D eigenvalue weighted by Gasteiger charge is 2.14. The minimum Gasteiger partial charge on any atom is -0.460 e. The number of aryl methyl sites for hydroxylation is 4. The van der Waals surface area contributed by atoms with Gasteiger partial charge in [-0.1, -0.05) is 43.5 Å². The Bertz CT molecular complexity index is 1330. The van der Waals surface area contributed by atoms with Crippen LogP contribution in [-0.4, -0.2) is 51.6 Å². The van der Waals surface area contributed by atoms with Crippen LogP contribution in [0.5, 0.6) is 0 Å². The summed E-state index contributed by atoms with van der Waals surface area (Å²) in [4.78, 5) is 25.1. The van der Waals surface area contributed by atoms with Gasteiger partial charge < -0.3 is 23.8 Å². The summed E-state index contributed by atoms with van der Waals surface area (Å²) in [5.74, 6) is -0.771. The van der Waals surface area contributed by atoms with Crippen LogP contribution in [0.25, 0.3) is 0 Å². The van der Waals surface area contributed by atoms with Gasteiger partial charge in [0.2, 0.25) is 0 Å². The van der Waals surface area contributed by atoms with Crippen LogP contribution in [0.1, 0.15) is 48.9 Å². The summed E-state index contributed by atoms with van der Waals surface area (Å²) >= 11 is 0. The van der Waals surface area contributed by atoms with Crippen molar-refractivity contribution in [3.05, 3.63) is 113 Å². The van der Waals surface area contributed by atoms with Gasteiger partial charge in [0.1, 0.15) is 13.2 Å². The van der Waals surface area contributed by atoms with Gasteiger partial charge in [0.15, 0.2) is 0 Å². The number of esters is 2. The van der Waals surface area contributed by atoms with Gasteiger partial charge in [-0.15, -0.1) is 0 Å². The maximum atomic E-state index is 11.4. The quantitative estimate of drug-likeness (QED) is 0.0773. The van der Waals surface area contributed by atoms with E-state index >= 15 is 0 Å². The molecule has 3 aromatic rings. The Balaban J connectivity index is 1.56. The van der Waals surface area contributed by atoms with Crippen LogP contribution < -0.4 is 4.90 Å². The lowest BCUT2D eigenvalue weighted by Crippen LogP contribution is -2.12. The Morgan fingerprint density at radius 1 is 0.578 bits per heavy atom. The fourth-order valence-corrected chi connectivity index (χ4v) is 4.53. The minimum absolute atomic E-state index is 0.237. The molecule has 0 unspecified atom stereocenters. The van der Waals surface area contributed by atoms with Crippen molar-refractivity contribution in [1.29, 1.82) is 0 Å². The van der Waals surface area contributed by atoms with E-state index < -0.39 is 0 Å². The maximum absolute atomic E-state index is 11.4. The highest BCUT2D eigenvalue weighted by molar-refractivity contribution is 5.87. The Morgan fingerprint density at radius 2 is 1.00 bits per heavy atom. The summed E-state index contributed by atoms with van der Waals surface area (Å²) < 4.78 is 21.3. The predicted molar refractivity (Wildman–Crippen MR) is 180 cm³/mol. The second-order valence-corrected chi connectivity index (χ2v) is 11.2. The van der Waals surface area contributed by atoms with E-state index in [1.54, 1.807) is 13.8 Å². The lowest BCUT2D eigenvalue weighted by atomic mass is 10.1. The average molecular weight is 614 g/mol. The predicted octanol–water partition coefficient (Wildman–Crippen LogP) is 7.91. The summed E-state index contributed by atoms with van der Waals surface area (Å²) in [5.41, 5.74) is 9.05. The van der Waals surface area contributed by atoms with Crippen LogP contribution in [-0.2, 0) is 41.4 Å². The van der Waals surface area contributed by atoms with Crippen molar-refractivity contribution in [3.8, 4) is 0 Å². The minimum atomic E-state index is -0.386. The van der Waals surface area contributed by atoms with Crippen molar-refractivity contribution in [1.82, 2.24) is 0 Å². The van der Waals surface area contributed by atoms with E-state index in [1.165, 1.54) is 22.3 Å². The van der Waals surface area contributed by atoms with Gasteiger partial charge in [0.25, 0.3) is 0 Å². The molecule has 0 bridgehead atoms. The van der Waals surface area contributed by atoms with E-state index in [-0.39, 0.29) is 25.2 Å². The van der Waals surface area contributed by atoms with E-state index in [1.807, 2.05) is 0 Å². The summed E-state index contributed by atoms with van der Waals surface area (Å²) in [6, 6.07) is 23.9. The number of hydrogen-bond acceptors (Lipinski definition) is 7. The van der Waals surface area contributed by atoms with Gasteiger partial charge in [0, 0.05) is 41.4 Å². The number of anilines is 3. The summed E-state index contributed by atoms with van der Waals surface area (Å²) in [6.07, 6.45) is 3.55. The van der Waals surface area contributed by atoms with E-state index in [2.05, 4.69) is 98.6 Å². The Hall–Kier alpha value is -4.20. The van der Waals surface area contributed by atoms with Crippen molar-refractivity contribution in [2.24, 2.45) is 0 Å². The van der Waals surface area contributed by atoms with Crippen molar-refractivity contribution in [3.63, 3.8) is 0 Å². The van der Waals surface area contributed by atoms with Gasteiger partial charge in [-0.3, -0.25) is 0 Å². The Kier molecular flexibility index (Phi) is 14.6. The van der Waals surface area contributed by atoms with Crippen LogP contribution in [0.4, 0.5) is 17.1 Å². The first-order valence-electron chi connectivity index (χ1n) is 15.5. The van der Waals surface area contributed by atoms with Gasteiger partial charge in [0.05, 0.1) is 13.2 Å². The molecule has 0 spiro atoms. The normalized spacial score (nSPS) is 10.8. The number of carbonyl (C=O) groups is 2. The zero-order valence-corrected chi connectivity index (χ0v) is 27.2. The van der Waals surface area contributed by atoms with Crippen molar-refractivity contribution in [2.45, 2.75) is 53.4 Å². The smallest absolute Gasteiger partial charge is 0.333 e. The van der Waals surface area contributed by atoms with E-state index in [9.17, 15) is 9.59 Å². The zero-order chi connectivity index (χ0) is 32.6. The molecule has 0 aromatic heterocycles. The van der Waals surface area contributed by atoms with Crippen LogP contribution >= 0.6 is 0 Å². The molecule has 3 rings (SSSR count). The molecular weight excluding hydrogens is 566 g/mol. The maximum Gasteiger partial charge on any atom is 0.333 e. The number of rotatable bonds is 19. The molecule has 0 aliphatic carbocycles. The van der Waals surface area contributed by atoms with Crippen molar-refractivity contribution >= 4 is 29.0 Å². The topological polar surface area (TPSA) is 74.3 Å². The first kappa shape index (κ1) is 35.3. The molecule has 0 fully saturated rings. The zero-order valence-electron chi connectivity index (χ0n) is 27.2. The SMILES string of the molecule is C=C(C)C(=O)OCCOCCCc1ccc(N(c2ccc(CCCOCCOC(=O)C(=C)C)cc2)c2ccc(C)c(C)c2)cc1. The monoisotopic (exact) mass is 613 g/mol. The second-order valence-electron chi connectivity index (χ2n) is 11.2. The molecule has 0 aliphatic rings. The third-order valence-corrected chi connectivity index (χ3v) is 7.26. The van der Waals surface area contributed by atoms with E-state index in [0.717, 1.165) is 42.7 Å². The highest BCUT2D eigenvalue weighted by atomic mass is 16.6. The lowest BCUT2D eigenvalue weighted by molar-refractivity contribution is -0.141. The molecular formula is C38H47NO6. The first-order valence-corrected chi connectivity index (χ1v) is 15.5. The molecule has 3 aromatic carbocycles. The summed E-state index contributed by atoms with van der Waals surface area (Å²) in [7, 11) is 0. The molecule has 0 N–H and O–H groups in total. The standard InChI is InChI=1S/C38H47NO6/c1-28(2)37(40)44-25-23-42-21-7-9-32-12-17-34(18-13-32)39(36-16-11-30(5)31(6)27-36)35-19-14-33(15-20-35)10-8-22-43-24-26-45-38(41)29(3)4/h11-20,27H,1,3,7-10,21-26H2,2,4-6H3. The number of ether oxygens (including phenoxy) is 4. The van der Waals surface area contributed by atoms with Gasteiger partial charge in [-0.25, -0.2) is 9.59 Å². The van der Waals surface area contributed by atoms with Gasteiger partial charge in [-0.2, -0.15) is 0 Å². The largest absolute Gasteiger partial charge is 0.460 e. The van der Waals surface area contributed by atoms with Crippen molar-refractivity contribution in [2.75, 3.05) is 44.5 Å². The second kappa shape index (κ2) is 18.6. The number of hydrogen-bond donors (Lipinski definition) is 0. The third-order valence-electron chi connectivity index (χ3n) is 7.26. The van der Waals surface area contributed by atoms with Crippen LogP contribution in [0.2, 0.25) is 0 Å². The van der Waals surface area contributed by atoms with E-state index in [0.29, 0.717) is 37.6 Å². The molecule has 0 heterocycles.